The maximum Gasteiger partial charge on any atom is 0.306 e. The lowest BCUT2D eigenvalue weighted by Crippen LogP contribution is -2.09. The minimum Gasteiger partial charge on any atom is -0.492 e. The summed E-state index contributed by atoms with van der Waals surface area (Å²) < 4.78 is 27.9. The van der Waals surface area contributed by atoms with Crippen LogP contribution in [0.2, 0.25) is 0 Å². The molecule has 0 spiro atoms. The topological polar surface area (TPSA) is 63.2 Å². The average Bonchev–Trinajstić information content (AvgIpc) is 3.27. The van der Waals surface area contributed by atoms with Crippen molar-refractivity contribution < 1.29 is 28.5 Å². The van der Waals surface area contributed by atoms with Crippen LogP contribution < -0.4 is 14.2 Å². The Balaban J connectivity index is 1.42. The molecule has 3 aromatic rings. The molecule has 190 valence electrons. The molecule has 0 bridgehead atoms. The summed E-state index contributed by atoms with van der Waals surface area (Å²) >= 11 is 0. The number of carbonyl (C=O) groups excluding carboxylic acids is 1. The Morgan fingerprint density at radius 3 is 2.53 bits per heavy atom. The molecule has 1 aliphatic rings. The van der Waals surface area contributed by atoms with Crippen molar-refractivity contribution in [3.63, 3.8) is 0 Å². The van der Waals surface area contributed by atoms with Crippen molar-refractivity contribution in [3.05, 3.63) is 76.9 Å². The van der Waals surface area contributed by atoms with Crippen LogP contribution in [-0.4, -0.2) is 39.5 Å². The highest BCUT2D eigenvalue weighted by Crippen LogP contribution is 2.38. The van der Waals surface area contributed by atoms with Crippen LogP contribution in [0.4, 0.5) is 0 Å². The first-order valence-electron chi connectivity index (χ1n) is 12.4. The second-order valence-corrected chi connectivity index (χ2v) is 8.95. The number of rotatable bonds is 11. The van der Waals surface area contributed by atoms with Crippen molar-refractivity contribution in [1.82, 2.24) is 0 Å². The van der Waals surface area contributed by atoms with Gasteiger partial charge < -0.3 is 23.7 Å². The van der Waals surface area contributed by atoms with Crippen LogP contribution in [0.15, 0.2) is 54.6 Å². The summed E-state index contributed by atoms with van der Waals surface area (Å²) in [5.41, 5.74) is 6.78. The molecule has 0 aromatic heterocycles. The number of carbonyl (C=O) groups is 1. The summed E-state index contributed by atoms with van der Waals surface area (Å²) in [7, 11) is 1.41. The molecular formula is C30H34O6. The molecule has 1 aliphatic heterocycles. The van der Waals surface area contributed by atoms with Gasteiger partial charge in [0.05, 0.1) is 26.7 Å². The van der Waals surface area contributed by atoms with Gasteiger partial charge in [-0.2, -0.15) is 0 Å². The van der Waals surface area contributed by atoms with Crippen molar-refractivity contribution >= 4 is 5.97 Å². The summed E-state index contributed by atoms with van der Waals surface area (Å²) in [6.45, 7) is 8.93. The van der Waals surface area contributed by atoms with Crippen molar-refractivity contribution in [2.24, 2.45) is 0 Å². The molecule has 4 rings (SSSR count). The van der Waals surface area contributed by atoms with E-state index in [0.29, 0.717) is 39.5 Å². The smallest absolute Gasteiger partial charge is 0.306 e. The summed E-state index contributed by atoms with van der Waals surface area (Å²) in [5.74, 6) is 2.15. The van der Waals surface area contributed by atoms with Gasteiger partial charge in [-0.25, -0.2) is 0 Å². The molecule has 0 saturated carbocycles. The molecule has 6 heteroatoms. The van der Waals surface area contributed by atoms with Gasteiger partial charge in [0.2, 0.25) is 0 Å². The lowest BCUT2D eigenvalue weighted by Gasteiger charge is -2.15. The molecule has 6 nitrogen and oxygen atoms in total. The fraction of sp³-hybridized carbons (Fsp3) is 0.367. The van der Waals surface area contributed by atoms with Gasteiger partial charge in [0.1, 0.15) is 30.5 Å². The lowest BCUT2D eigenvalue weighted by atomic mass is 9.94. The van der Waals surface area contributed by atoms with Crippen LogP contribution in [0.1, 0.15) is 41.5 Å². The van der Waals surface area contributed by atoms with E-state index in [1.165, 1.54) is 12.7 Å². The Hall–Kier alpha value is -3.51. The molecule has 0 fully saturated rings. The van der Waals surface area contributed by atoms with Crippen molar-refractivity contribution in [2.75, 3.05) is 33.5 Å². The summed E-state index contributed by atoms with van der Waals surface area (Å²) in [4.78, 5) is 11.6. The summed E-state index contributed by atoms with van der Waals surface area (Å²) in [6.07, 6.45) is 0.315. The zero-order chi connectivity index (χ0) is 25.5. The first kappa shape index (κ1) is 25.6. The normalized spacial score (nSPS) is 14.2. The first-order chi connectivity index (χ1) is 17.5. The standard InChI is InChI=1S/C30H34O6/c1-5-33-11-12-34-26-13-20(2)30(21(3)14-26)23-8-6-7-22(15-23)18-35-25-9-10-27-24(16-29(31)32-4)19-36-28(27)17-25/h6-10,13-15,17,24H,5,11-12,16,18-19H2,1-4H3/t24-/m1/s1. The maximum atomic E-state index is 11.6. The van der Waals surface area contributed by atoms with Gasteiger partial charge in [0.15, 0.2) is 0 Å². The Bertz CT molecular complexity index is 1180. The minimum atomic E-state index is -0.231. The summed E-state index contributed by atoms with van der Waals surface area (Å²) in [5, 5.41) is 0. The number of aryl methyl sites for hydroxylation is 2. The van der Waals surface area contributed by atoms with E-state index in [4.69, 9.17) is 23.7 Å². The fourth-order valence-corrected chi connectivity index (χ4v) is 4.61. The van der Waals surface area contributed by atoms with Gasteiger partial charge in [-0.15, -0.1) is 0 Å². The number of hydrogen-bond donors (Lipinski definition) is 0. The van der Waals surface area contributed by atoms with E-state index < -0.39 is 0 Å². The van der Waals surface area contributed by atoms with E-state index in [9.17, 15) is 4.79 Å². The quantitative estimate of drug-likeness (QED) is 0.243. The van der Waals surface area contributed by atoms with E-state index in [1.807, 2.05) is 25.1 Å². The second-order valence-electron chi connectivity index (χ2n) is 8.95. The van der Waals surface area contributed by atoms with E-state index in [2.05, 4.69) is 50.2 Å². The molecule has 36 heavy (non-hydrogen) atoms. The molecule has 0 unspecified atom stereocenters. The third-order valence-electron chi connectivity index (χ3n) is 6.33. The molecule has 3 aromatic carbocycles. The number of fused-ring (bicyclic) bond motifs is 1. The van der Waals surface area contributed by atoms with Crippen molar-refractivity contribution in [3.8, 4) is 28.4 Å². The Morgan fingerprint density at radius 2 is 1.78 bits per heavy atom. The monoisotopic (exact) mass is 490 g/mol. The molecular weight excluding hydrogens is 456 g/mol. The van der Waals surface area contributed by atoms with Crippen LogP contribution >= 0.6 is 0 Å². The van der Waals surface area contributed by atoms with E-state index in [1.54, 1.807) is 0 Å². The van der Waals surface area contributed by atoms with Crippen molar-refractivity contribution in [2.45, 2.75) is 39.7 Å². The van der Waals surface area contributed by atoms with Gasteiger partial charge in [0, 0.05) is 24.2 Å². The minimum absolute atomic E-state index is 0.0196. The highest BCUT2D eigenvalue weighted by atomic mass is 16.5. The van der Waals surface area contributed by atoms with E-state index in [0.717, 1.165) is 45.1 Å². The molecule has 0 saturated heterocycles. The van der Waals surface area contributed by atoms with E-state index in [-0.39, 0.29) is 11.9 Å². The zero-order valence-corrected chi connectivity index (χ0v) is 21.5. The van der Waals surface area contributed by atoms with Gasteiger partial charge in [-0.3, -0.25) is 4.79 Å². The lowest BCUT2D eigenvalue weighted by molar-refractivity contribution is -0.141. The molecule has 1 heterocycles. The van der Waals surface area contributed by atoms with Crippen molar-refractivity contribution in [1.29, 1.82) is 0 Å². The molecule has 0 aliphatic carbocycles. The number of esters is 1. The van der Waals surface area contributed by atoms with Gasteiger partial charge in [-0.05, 0) is 72.9 Å². The molecule has 0 radical (unpaired) electrons. The molecule has 1 atom stereocenters. The maximum absolute atomic E-state index is 11.6. The number of ether oxygens (including phenoxy) is 5. The first-order valence-corrected chi connectivity index (χ1v) is 12.4. The van der Waals surface area contributed by atoms with Crippen LogP contribution in [-0.2, 0) is 20.9 Å². The number of benzene rings is 3. The highest BCUT2D eigenvalue weighted by Gasteiger charge is 2.27. The average molecular weight is 491 g/mol. The van der Waals surface area contributed by atoms with Crippen LogP contribution in [0.3, 0.4) is 0 Å². The van der Waals surface area contributed by atoms with Crippen LogP contribution in [0.5, 0.6) is 17.2 Å². The highest BCUT2D eigenvalue weighted by molar-refractivity contribution is 5.72. The van der Waals surface area contributed by atoms with E-state index >= 15 is 0 Å². The third kappa shape index (κ3) is 6.18. The third-order valence-corrected chi connectivity index (χ3v) is 6.33. The van der Waals surface area contributed by atoms with Crippen LogP contribution in [0.25, 0.3) is 11.1 Å². The molecule has 0 amide bonds. The van der Waals surface area contributed by atoms with Gasteiger partial charge in [0.25, 0.3) is 0 Å². The number of methoxy groups -OCH3 is 1. The zero-order valence-electron chi connectivity index (χ0n) is 21.5. The second kappa shape index (κ2) is 12.0. The predicted octanol–water partition coefficient (Wildman–Crippen LogP) is 6.00. The Kier molecular flexibility index (Phi) is 8.49. The number of hydrogen-bond acceptors (Lipinski definition) is 6. The van der Waals surface area contributed by atoms with Gasteiger partial charge >= 0.3 is 5.97 Å². The predicted molar refractivity (Wildman–Crippen MR) is 139 cm³/mol. The largest absolute Gasteiger partial charge is 0.492 e. The molecule has 0 N–H and O–H groups in total. The van der Waals surface area contributed by atoms with Crippen LogP contribution in [0, 0.1) is 13.8 Å². The Morgan fingerprint density at radius 1 is 0.972 bits per heavy atom. The SMILES string of the molecule is CCOCCOc1cc(C)c(-c2cccc(COc3ccc4c(c3)OC[C@H]4CC(=O)OC)c2)c(C)c1. The fourth-order valence-electron chi connectivity index (χ4n) is 4.61. The van der Waals surface area contributed by atoms with Gasteiger partial charge in [-0.1, -0.05) is 24.3 Å². The Labute approximate surface area is 213 Å². The summed E-state index contributed by atoms with van der Waals surface area (Å²) in [6, 6.07) is 18.4.